The van der Waals surface area contributed by atoms with Crippen LogP contribution in [0, 0.1) is 12.3 Å². The first-order valence-electron chi connectivity index (χ1n) is 7.36. The second-order valence-electron chi connectivity index (χ2n) is 5.55. The normalized spacial score (nSPS) is 12.5. The van der Waals surface area contributed by atoms with Crippen LogP contribution >= 0.6 is 0 Å². The van der Waals surface area contributed by atoms with Crippen molar-refractivity contribution in [2.45, 2.75) is 12.8 Å². The van der Waals surface area contributed by atoms with E-state index in [9.17, 15) is 4.79 Å². The van der Waals surface area contributed by atoms with Crippen LogP contribution in [0.4, 0.5) is 0 Å². The first kappa shape index (κ1) is 12.9. The van der Waals surface area contributed by atoms with E-state index in [1.54, 1.807) is 0 Å². The lowest BCUT2D eigenvalue weighted by atomic mass is 9.92. The number of hydrogen-bond acceptors (Lipinski definition) is 2. The molecule has 3 aromatic carbocycles. The minimum Gasteiger partial charge on any atom is -0.481 e. The zero-order chi connectivity index (χ0) is 15.1. The fourth-order valence-corrected chi connectivity index (χ4v) is 3.17. The van der Waals surface area contributed by atoms with Gasteiger partial charge in [0.1, 0.15) is 12.4 Å². The Morgan fingerprint density at radius 3 is 2.55 bits per heavy atom. The van der Waals surface area contributed by atoms with Gasteiger partial charge < -0.3 is 4.74 Å². The minimum atomic E-state index is 0.174. The van der Waals surface area contributed by atoms with Gasteiger partial charge in [0.05, 0.1) is 0 Å². The Morgan fingerprint density at radius 1 is 1.00 bits per heavy atom. The Kier molecular flexibility index (Phi) is 2.87. The van der Waals surface area contributed by atoms with Crippen molar-refractivity contribution in [1.82, 2.24) is 0 Å². The van der Waals surface area contributed by atoms with Crippen LogP contribution in [0.15, 0.2) is 47.3 Å². The van der Waals surface area contributed by atoms with E-state index < -0.39 is 0 Å². The van der Waals surface area contributed by atoms with Gasteiger partial charge in [0.25, 0.3) is 0 Å². The van der Waals surface area contributed by atoms with Crippen LogP contribution in [0.5, 0.6) is 5.75 Å². The van der Waals surface area contributed by atoms with Gasteiger partial charge in [-0.2, -0.15) is 0 Å². The van der Waals surface area contributed by atoms with Crippen LogP contribution in [0.3, 0.4) is 0 Å². The first-order chi connectivity index (χ1) is 10.8. The molecule has 0 heterocycles. The Bertz CT molecular complexity index is 918. The highest BCUT2D eigenvalue weighted by molar-refractivity contribution is 5.96. The summed E-state index contributed by atoms with van der Waals surface area (Å²) in [5, 5.41) is 0. The van der Waals surface area contributed by atoms with E-state index in [2.05, 4.69) is 12.0 Å². The summed E-state index contributed by atoms with van der Waals surface area (Å²) in [4.78, 5) is 12.3. The number of ether oxygens (including phenoxy) is 1. The van der Waals surface area contributed by atoms with Gasteiger partial charge in [-0.15, -0.1) is 6.42 Å². The maximum absolute atomic E-state index is 12.3. The van der Waals surface area contributed by atoms with Crippen LogP contribution in [0.25, 0.3) is 22.3 Å². The average Bonchev–Trinajstić information content (AvgIpc) is 3.19. The maximum Gasteiger partial charge on any atom is 0.195 e. The highest BCUT2D eigenvalue weighted by Crippen LogP contribution is 2.41. The molecule has 4 rings (SSSR count). The molecule has 0 fully saturated rings. The van der Waals surface area contributed by atoms with Crippen molar-refractivity contribution >= 4 is 0 Å². The van der Waals surface area contributed by atoms with Crippen LogP contribution in [0.2, 0.25) is 0 Å². The molecule has 0 unspecified atom stereocenters. The molecule has 1 aliphatic rings. The number of hydrogen-bond donors (Lipinski definition) is 0. The van der Waals surface area contributed by atoms with Crippen molar-refractivity contribution in [3.63, 3.8) is 0 Å². The molecule has 0 saturated carbocycles. The molecule has 1 aliphatic carbocycles. The smallest absolute Gasteiger partial charge is 0.195 e. The summed E-state index contributed by atoms with van der Waals surface area (Å²) >= 11 is 0. The molecule has 2 heteroatoms. The fraction of sp³-hybridized carbons (Fsp3) is 0.150. The van der Waals surface area contributed by atoms with Gasteiger partial charge in [0.15, 0.2) is 5.43 Å². The largest absolute Gasteiger partial charge is 0.481 e. The zero-order valence-electron chi connectivity index (χ0n) is 12.1. The molecule has 0 N–H and O–H groups in total. The topological polar surface area (TPSA) is 26.3 Å². The van der Waals surface area contributed by atoms with Gasteiger partial charge in [0.2, 0.25) is 0 Å². The van der Waals surface area contributed by atoms with Crippen molar-refractivity contribution in [3.8, 4) is 40.3 Å². The molecular weight excluding hydrogens is 272 g/mol. The van der Waals surface area contributed by atoms with Crippen LogP contribution in [-0.4, -0.2) is 6.61 Å². The van der Waals surface area contributed by atoms with Crippen molar-refractivity contribution in [3.05, 3.63) is 63.8 Å². The number of fused-ring (bicyclic) bond motifs is 5. The number of rotatable bonds is 2. The van der Waals surface area contributed by atoms with Crippen molar-refractivity contribution in [2.75, 3.05) is 6.61 Å². The zero-order valence-corrected chi connectivity index (χ0v) is 12.1. The Hall–Kier alpha value is -2.79. The fourth-order valence-electron chi connectivity index (χ4n) is 3.17. The second kappa shape index (κ2) is 4.89. The van der Waals surface area contributed by atoms with E-state index in [1.807, 2.05) is 36.4 Å². The van der Waals surface area contributed by atoms with Crippen LogP contribution < -0.4 is 10.2 Å². The van der Waals surface area contributed by atoms with Crippen LogP contribution in [-0.2, 0) is 12.8 Å². The molecule has 0 aromatic heterocycles. The molecule has 0 aliphatic heterocycles. The maximum atomic E-state index is 12.3. The van der Waals surface area contributed by atoms with Crippen molar-refractivity contribution in [1.29, 1.82) is 0 Å². The van der Waals surface area contributed by atoms with E-state index in [0.717, 1.165) is 46.4 Å². The molecule has 0 radical (unpaired) electrons. The highest BCUT2D eigenvalue weighted by atomic mass is 16.5. The third-order valence-electron chi connectivity index (χ3n) is 4.26. The molecule has 3 aromatic rings. The summed E-state index contributed by atoms with van der Waals surface area (Å²) in [6.45, 7) is 0.258. The van der Waals surface area contributed by atoms with Crippen molar-refractivity contribution in [2.24, 2.45) is 0 Å². The second-order valence-corrected chi connectivity index (χ2v) is 5.55. The number of aryl methyl sites for hydroxylation is 2. The van der Waals surface area contributed by atoms with Gasteiger partial charge in [-0.25, -0.2) is 0 Å². The molecule has 0 atom stereocenters. The van der Waals surface area contributed by atoms with Crippen LogP contribution in [0.1, 0.15) is 11.1 Å². The van der Waals surface area contributed by atoms with Crippen molar-refractivity contribution < 1.29 is 4.74 Å². The van der Waals surface area contributed by atoms with Gasteiger partial charge in [-0.1, -0.05) is 36.3 Å². The van der Waals surface area contributed by atoms with Gasteiger partial charge >= 0.3 is 0 Å². The number of benzene rings is 2. The molecular formula is C20H14O2. The quantitative estimate of drug-likeness (QED) is 0.675. The lowest BCUT2D eigenvalue weighted by molar-refractivity contribution is 0.370. The summed E-state index contributed by atoms with van der Waals surface area (Å²) in [5.74, 6) is 3.23. The third kappa shape index (κ3) is 1.95. The summed E-state index contributed by atoms with van der Waals surface area (Å²) < 4.78 is 5.50. The van der Waals surface area contributed by atoms with E-state index in [0.29, 0.717) is 0 Å². The molecule has 2 nitrogen and oxygen atoms in total. The summed E-state index contributed by atoms with van der Waals surface area (Å²) in [7, 11) is 0. The molecule has 106 valence electrons. The minimum absolute atomic E-state index is 0.174. The lowest BCUT2D eigenvalue weighted by Crippen LogP contribution is -1.99. The van der Waals surface area contributed by atoms with E-state index in [-0.39, 0.29) is 12.0 Å². The van der Waals surface area contributed by atoms with E-state index >= 15 is 0 Å². The third-order valence-corrected chi connectivity index (χ3v) is 4.26. The molecule has 22 heavy (non-hydrogen) atoms. The van der Waals surface area contributed by atoms with E-state index in [1.165, 1.54) is 5.56 Å². The Labute approximate surface area is 129 Å². The molecule has 0 bridgehead atoms. The SMILES string of the molecule is C#CCOc1ccc2c(c1)CCc1ccccc1-c1c-2c1=O. The molecule has 0 spiro atoms. The summed E-state index contributed by atoms with van der Waals surface area (Å²) in [6, 6.07) is 14.1. The monoisotopic (exact) mass is 286 g/mol. The molecule has 0 amide bonds. The Morgan fingerprint density at radius 2 is 1.73 bits per heavy atom. The van der Waals surface area contributed by atoms with Gasteiger partial charge in [-0.3, -0.25) is 4.79 Å². The van der Waals surface area contributed by atoms with E-state index in [4.69, 9.17) is 11.2 Å². The van der Waals surface area contributed by atoms with Gasteiger partial charge in [-0.05, 0) is 47.2 Å². The predicted molar refractivity (Wildman–Crippen MR) is 87.7 cm³/mol. The number of terminal acetylenes is 1. The highest BCUT2D eigenvalue weighted by Gasteiger charge is 2.30. The molecule has 0 saturated heterocycles. The first-order valence-corrected chi connectivity index (χ1v) is 7.36. The Balaban J connectivity index is 1.82. The lowest BCUT2D eigenvalue weighted by Gasteiger charge is -2.13. The standard InChI is InChI=1S/C20H14O2/c1-2-11-22-15-9-10-17-14(12-15)8-7-13-5-3-4-6-16(13)18-19(17)20(18)21/h1,3-6,9-10,12H,7-8,11H2. The average molecular weight is 286 g/mol. The predicted octanol–water partition coefficient (Wildman–Crippen LogP) is 3.37. The summed E-state index contributed by atoms with van der Waals surface area (Å²) in [6.07, 6.45) is 7.05. The van der Waals surface area contributed by atoms with Gasteiger partial charge in [0, 0.05) is 11.1 Å². The summed E-state index contributed by atoms with van der Waals surface area (Å²) in [5.41, 5.74) is 6.46.